The molecule has 3 aromatic rings. The highest BCUT2D eigenvalue weighted by atomic mass is 16.6. The van der Waals surface area contributed by atoms with Crippen molar-refractivity contribution in [2.24, 2.45) is 0 Å². The van der Waals surface area contributed by atoms with E-state index in [0.29, 0.717) is 16.9 Å². The van der Waals surface area contributed by atoms with E-state index < -0.39 is 11.6 Å². The molecule has 130 valence electrons. The Morgan fingerprint density at radius 3 is 2.65 bits per heavy atom. The van der Waals surface area contributed by atoms with E-state index in [1.165, 1.54) is 6.07 Å². The maximum atomic E-state index is 11.8. The lowest BCUT2D eigenvalue weighted by Gasteiger charge is -2.08. The van der Waals surface area contributed by atoms with E-state index in [2.05, 4.69) is 0 Å². The first kappa shape index (κ1) is 17.2. The van der Waals surface area contributed by atoms with Gasteiger partial charge in [0, 0.05) is 17.5 Å². The molecule has 0 spiro atoms. The highest BCUT2D eigenvalue weighted by Gasteiger charge is 2.08. The zero-order valence-corrected chi connectivity index (χ0v) is 14.0. The topological polar surface area (TPSA) is 89.5 Å². The predicted octanol–water partition coefficient (Wildman–Crippen LogP) is 3.10. The summed E-state index contributed by atoms with van der Waals surface area (Å²) in [6, 6.07) is 15.2. The molecule has 1 heterocycles. The van der Waals surface area contributed by atoms with Crippen LogP contribution in [0, 0.1) is 18.3 Å². The molecular weight excluding hydrogens is 334 g/mol. The fourth-order valence-corrected chi connectivity index (χ4v) is 2.42. The number of benzene rings is 2. The molecule has 6 nitrogen and oxygen atoms in total. The van der Waals surface area contributed by atoms with Gasteiger partial charge in [0.2, 0.25) is 0 Å². The fraction of sp³-hybridized carbons (Fsp3) is 0.150. The van der Waals surface area contributed by atoms with E-state index >= 15 is 0 Å². The Hall–Kier alpha value is -3.59. The maximum absolute atomic E-state index is 11.8. The predicted molar refractivity (Wildman–Crippen MR) is 93.7 cm³/mol. The van der Waals surface area contributed by atoms with Crippen molar-refractivity contribution in [2.45, 2.75) is 13.5 Å². The minimum absolute atomic E-state index is 0.0969. The van der Waals surface area contributed by atoms with Crippen molar-refractivity contribution in [3.8, 4) is 11.8 Å². The third-order valence-corrected chi connectivity index (χ3v) is 3.76. The molecular formula is C20H15NO5. The Morgan fingerprint density at radius 2 is 1.92 bits per heavy atom. The number of hydrogen-bond donors (Lipinski definition) is 0. The summed E-state index contributed by atoms with van der Waals surface area (Å²) in [6.45, 7) is 1.65. The molecule has 6 heteroatoms. The van der Waals surface area contributed by atoms with Gasteiger partial charge in [-0.2, -0.15) is 5.26 Å². The van der Waals surface area contributed by atoms with E-state index in [0.717, 1.165) is 16.5 Å². The Bertz CT molecular complexity index is 1040. The van der Waals surface area contributed by atoms with Gasteiger partial charge in [-0.3, -0.25) is 0 Å². The second kappa shape index (κ2) is 7.53. The minimum Gasteiger partial charge on any atom is -0.482 e. The van der Waals surface area contributed by atoms with E-state index in [1.807, 2.05) is 13.0 Å². The quantitative estimate of drug-likeness (QED) is 0.519. The molecule has 0 saturated carbocycles. The van der Waals surface area contributed by atoms with Gasteiger partial charge in [0.1, 0.15) is 17.9 Å². The molecule has 3 rings (SSSR count). The Morgan fingerprint density at radius 1 is 1.15 bits per heavy atom. The molecule has 2 aromatic carbocycles. The molecule has 0 amide bonds. The summed E-state index contributed by atoms with van der Waals surface area (Å²) in [6.07, 6.45) is 0. The molecule has 0 N–H and O–H groups in total. The standard InChI is InChI=1S/C20H15NO5/c1-13-8-19(22)26-18-9-16(6-7-17(13)18)24-12-20(23)25-11-15-4-2-14(10-21)3-5-15/h2-9H,11-12H2,1H3. The van der Waals surface area contributed by atoms with Gasteiger partial charge < -0.3 is 13.9 Å². The first-order valence-corrected chi connectivity index (χ1v) is 7.87. The van der Waals surface area contributed by atoms with Gasteiger partial charge in [-0.25, -0.2) is 9.59 Å². The number of hydrogen-bond acceptors (Lipinski definition) is 6. The van der Waals surface area contributed by atoms with Crippen LogP contribution in [0.5, 0.6) is 5.75 Å². The Labute approximate surface area is 149 Å². The Balaban J connectivity index is 1.58. The van der Waals surface area contributed by atoms with Gasteiger partial charge >= 0.3 is 11.6 Å². The lowest BCUT2D eigenvalue weighted by atomic mass is 10.1. The van der Waals surface area contributed by atoms with E-state index in [-0.39, 0.29) is 13.2 Å². The van der Waals surface area contributed by atoms with Gasteiger partial charge in [-0.1, -0.05) is 12.1 Å². The van der Waals surface area contributed by atoms with Crippen molar-refractivity contribution >= 4 is 16.9 Å². The van der Waals surface area contributed by atoms with Crippen LogP contribution in [0.25, 0.3) is 11.0 Å². The molecule has 0 aliphatic rings. The Kier molecular flexibility index (Phi) is 4.99. The maximum Gasteiger partial charge on any atom is 0.344 e. The van der Waals surface area contributed by atoms with E-state index in [1.54, 1.807) is 42.5 Å². The van der Waals surface area contributed by atoms with Crippen LogP contribution in [0.2, 0.25) is 0 Å². The average Bonchev–Trinajstić information content (AvgIpc) is 2.64. The highest BCUT2D eigenvalue weighted by Crippen LogP contribution is 2.22. The van der Waals surface area contributed by atoms with Crippen LogP contribution in [0.3, 0.4) is 0 Å². The number of carbonyl (C=O) groups excluding carboxylic acids is 1. The third-order valence-electron chi connectivity index (χ3n) is 3.76. The summed E-state index contributed by atoms with van der Waals surface area (Å²) >= 11 is 0. The van der Waals surface area contributed by atoms with Gasteiger partial charge in [0.05, 0.1) is 11.6 Å². The summed E-state index contributed by atoms with van der Waals surface area (Å²) in [5, 5.41) is 9.55. The lowest BCUT2D eigenvalue weighted by molar-refractivity contribution is -0.147. The van der Waals surface area contributed by atoms with Crippen LogP contribution in [0.1, 0.15) is 16.7 Å². The summed E-state index contributed by atoms with van der Waals surface area (Å²) in [5.41, 5.74) is 2.10. The second-order valence-corrected chi connectivity index (χ2v) is 5.66. The zero-order chi connectivity index (χ0) is 18.5. The molecule has 0 atom stereocenters. The van der Waals surface area contributed by atoms with Crippen LogP contribution >= 0.6 is 0 Å². The fourth-order valence-electron chi connectivity index (χ4n) is 2.42. The molecule has 1 aromatic heterocycles. The summed E-state index contributed by atoms with van der Waals surface area (Å²) < 4.78 is 15.7. The van der Waals surface area contributed by atoms with Gasteiger partial charge in [-0.15, -0.1) is 0 Å². The second-order valence-electron chi connectivity index (χ2n) is 5.66. The van der Waals surface area contributed by atoms with Crippen LogP contribution in [0.15, 0.2) is 57.7 Å². The van der Waals surface area contributed by atoms with Gasteiger partial charge in [0.15, 0.2) is 6.61 Å². The van der Waals surface area contributed by atoms with Crippen molar-refractivity contribution < 1.29 is 18.7 Å². The number of fused-ring (bicyclic) bond motifs is 1. The third kappa shape index (κ3) is 4.08. The number of rotatable bonds is 5. The molecule has 0 radical (unpaired) electrons. The summed E-state index contributed by atoms with van der Waals surface area (Å²) in [4.78, 5) is 23.3. The number of nitriles is 1. The summed E-state index contributed by atoms with van der Waals surface area (Å²) in [7, 11) is 0. The van der Waals surface area contributed by atoms with Crippen molar-refractivity contribution in [3.05, 3.63) is 75.6 Å². The minimum atomic E-state index is -0.528. The van der Waals surface area contributed by atoms with Gasteiger partial charge in [-0.05, 0) is 42.3 Å². The molecule has 0 aliphatic carbocycles. The number of esters is 1. The zero-order valence-electron chi connectivity index (χ0n) is 14.0. The smallest absolute Gasteiger partial charge is 0.344 e. The monoisotopic (exact) mass is 349 g/mol. The number of carbonyl (C=O) groups is 1. The van der Waals surface area contributed by atoms with Crippen LogP contribution in [0.4, 0.5) is 0 Å². The van der Waals surface area contributed by atoms with E-state index in [4.69, 9.17) is 19.2 Å². The van der Waals surface area contributed by atoms with Crippen LogP contribution in [-0.4, -0.2) is 12.6 Å². The van der Waals surface area contributed by atoms with Crippen molar-refractivity contribution in [1.82, 2.24) is 0 Å². The van der Waals surface area contributed by atoms with Crippen molar-refractivity contribution in [1.29, 1.82) is 5.26 Å². The van der Waals surface area contributed by atoms with Crippen molar-refractivity contribution in [2.75, 3.05) is 6.61 Å². The molecule has 26 heavy (non-hydrogen) atoms. The molecule has 0 fully saturated rings. The average molecular weight is 349 g/mol. The summed E-state index contributed by atoms with van der Waals surface area (Å²) in [5.74, 6) is -0.123. The number of aryl methyl sites for hydroxylation is 1. The van der Waals surface area contributed by atoms with Crippen LogP contribution < -0.4 is 10.4 Å². The first-order chi connectivity index (χ1) is 12.5. The number of nitrogens with zero attached hydrogens (tertiary/aromatic N) is 1. The SMILES string of the molecule is Cc1cc(=O)oc2cc(OCC(=O)OCc3ccc(C#N)cc3)ccc12. The first-order valence-electron chi connectivity index (χ1n) is 7.87. The highest BCUT2D eigenvalue weighted by molar-refractivity contribution is 5.81. The largest absolute Gasteiger partial charge is 0.482 e. The normalized spacial score (nSPS) is 10.3. The lowest BCUT2D eigenvalue weighted by Crippen LogP contribution is -2.14. The van der Waals surface area contributed by atoms with Gasteiger partial charge in [0.25, 0.3) is 0 Å². The number of ether oxygens (including phenoxy) is 2. The molecule has 0 saturated heterocycles. The van der Waals surface area contributed by atoms with Crippen LogP contribution in [-0.2, 0) is 16.1 Å². The van der Waals surface area contributed by atoms with Crippen molar-refractivity contribution in [3.63, 3.8) is 0 Å². The molecule has 0 bridgehead atoms. The molecule has 0 aliphatic heterocycles. The van der Waals surface area contributed by atoms with E-state index in [9.17, 15) is 9.59 Å². The molecule has 0 unspecified atom stereocenters.